The monoisotopic (exact) mass is 304 g/mol. The third-order valence-electron chi connectivity index (χ3n) is 5.10. The fourth-order valence-electron chi connectivity index (χ4n) is 3.86. The van der Waals surface area contributed by atoms with Gasteiger partial charge in [0.15, 0.2) is 5.82 Å². The molecule has 3 heterocycles. The van der Waals surface area contributed by atoms with Crippen molar-refractivity contribution in [2.24, 2.45) is 0 Å². The molecule has 0 amide bonds. The van der Waals surface area contributed by atoms with E-state index in [-0.39, 0.29) is 5.56 Å². The van der Waals surface area contributed by atoms with Crippen LogP contribution in [0.25, 0.3) is 10.2 Å². The second-order valence-electron chi connectivity index (χ2n) is 6.53. The molecule has 0 aromatic carbocycles. The molecule has 1 unspecified atom stereocenters. The SMILES string of the molecule is C[C@@H]1CCCC[NH+]1Cc1nc2sc3c(c2c(=O)[nH]1)CCC3. The maximum Gasteiger partial charge on any atom is 0.260 e. The summed E-state index contributed by atoms with van der Waals surface area (Å²) in [7, 11) is 0. The number of piperidine rings is 1. The van der Waals surface area contributed by atoms with Crippen LogP contribution in [0.5, 0.6) is 0 Å². The molecule has 1 aliphatic carbocycles. The highest BCUT2D eigenvalue weighted by Gasteiger charge is 2.25. The van der Waals surface area contributed by atoms with Crippen molar-refractivity contribution in [1.82, 2.24) is 9.97 Å². The number of hydrogen-bond acceptors (Lipinski definition) is 3. The van der Waals surface area contributed by atoms with Crippen LogP contribution in [0.2, 0.25) is 0 Å². The Balaban J connectivity index is 1.69. The maximum absolute atomic E-state index is 12.4. The molecule has 2 aromatic heterocycles. The molecule has 4 nitrogen and oxygen atoms in total. The third kappa shape index (κ3) is 2.32. The molecule has 0 spiro atoms. The Morgan fingerprint density at radius 3 is 3.10 bits per heavy atom. The molecule has 2 aliphatic rings. The van der Waals surface area contributed by atoms with Crippen LogP contribution >= 0.6 is 11.3 Å². The van der Waals surface area contributed by atoms with Crippen LogP contribution in [0.4, 0.5) is 0 Å². The van der Waals surface area contributed by atoms with Crippen LogP contribution in [0.1, 0.15) is 48.9 Å². The molecule has 0 radical (unpaired) electrons. The number of aromatic nitrogens is 2. The van der Waals surface area contributed by atoms with Crippen LogP contribution < -0.4 is 10.5 Å². The fraction of sp³-hybridized carbons (Fsp3) is 0.625. The average molecular weight is 304 g/mol. The normalized spacial score (nSPS) is 25.4. The Morgan fingerprint density at radius 2 is 2.24 bits per heavy atom. The molecule has 5 heteroatoms. The second kappa shape index (κ2) is 5.21. The predicted octanol–water partition coefficient (Wildman–Crippen LogP) is 1.43. The van der Waals surface area contributed by atoms with Gasteiger partial charge in [0.25, 0.3) is 5.56 Å². The zero-order valence-corrected chi connectivity index (χ0v) is 13.3. The topological polar surface area (TPSA) is 50.2 Å². The van der Waals surface area contributed by atoms with E-state index in [1.165, 1.54) is 42.7 Å². The minimum Gasteiger partial charge on any atom is -0.326 e. The Bertz CT molecular complexity index is 733. The Morgan fingerprint density at radius 1 is 1.33 bits per heavy atom. The van der Waals surface area contributed by atoms with E-state index in [0.717, 1.165) is 35.4 Å². The lowest BCUT2D eigenvalue weighted by Crippen LogP contribution is -3.15. The molecule has 21 heavy (non-hydrogen) atoms. The first kappa shape index (κ1) is 13.5. The third-order valence-corrected chi connectivity index (χ3v) is 6.29. The van der Waals surface area contributed by atoms with Crippen molar-refractivity contribution >= 4 is 21.6 Å². The standard InChI is InChI=1S/C16H21N3OS/c1-10-5-2-3-8-19(10)9-13-17-15(20)14-11-6-4-7-12(11)21-16(14)18-13/h10H,2-9H2,1H3,(H,17,18,20)/p+1/t10-/m1/s1. The highest BCUT2D eigenvalue weighted by molar-refractivity contribution is 7.18. The van der Waals surface area contributed by atoms with E-state index in [2.05, 4.69) is 11.9 Å². The summed E-state index contributed by atoms with van der Waals surface area (Å²) in [4.78, 5) is 24.2. The summed E-state index contributed by atoms with van der Waals surface area (Å²) in [6, 6.07) is 0.674. The number of aromatic amines is 1. The molecule has 1 fully saturated rings. The van der Waals surface area contributed by atoms with Crippen LogP contribution in [0.3, 0.4) is 0 Å². The smallest absolute Gasteiger partial charge is 0.260 e. The lowest BCUT2D eigenvalue weighted by atomic mass is 10.0. The van der Waals surface area contributed by atoms with Crippen LogP contribution in [-0.4, -0.2) is 22.6 Å². The van der Waals surface area contributed by atoms with Gasteiger partial charge in [-0.05, 0) is 51.0 Å². The van der Waals surface area contributed by atoms with Crippen molar-refractivity contribution < 1.29 is 4.90 Å². The van der Waals surface area contributed by atoms with Crippen LogP contribution in [0.15, 0.2) is 4.79 Å². The number of thiophene rings is 1. The highest BCUT2D eigenvalue weighted by atomic mass is 32.1. The summed E-state index contributed by atoms with van der Waals surface area (Å²) < 4.78 is 0. The van der Waals surface area contributed by atoms with E-state index in [4.69, 9.17) is 4.98 Å². The fourth-order valence-corrected chi connectivity index (χ4v) is 5.14. The van der Waals surface area contributed by atoms with Gasteiger partial charge in [0.1, 0.15) is 11.4 Å². The van der Waals surface area contributed by atoms with Gasteiger partial charge < -0.3 is 9.88 Å². The lowest BCUT2D eigenvalue weighted by molar-refractivity contribution is -0.942. The van der Waals surface area contributed by atoms with Gasteiger partial charge in [-0.3, -0.25) is 4.79 Å². The quantitative estimate of drug-likeness (QED) is 0.882. The number of nitrogens with zero attached hydrogens (tertiary/aromatic N) is 1. The molecule has 1 saturated heterocycles. The number of aryl methyl sites for hydroxylation is 2. The summed E-state index contributed by atoms with van der Waals surface area (Å²) in [5.74, 6) is 0.871. The van der Waals surface area contributed by atoms with E-state index in [9.17, 15) is 4.79 Å². The Kier molecular flexibility index (Phi) is 3.34. The zero-order chi connectivity index (χ0) is 14.4. The van der Waals surface area contributed by atoms with E-state index in [1.807, 2.05) is 0 Å². The number of likely N-dealkylation sites (tertiary alicyclic amines) is 1. The zero-order valence-electron chi connectivity index (χ0n) is 12.5. The molecule has 2 aromatic rings. The molecule has 1 aliphatic heterocycles. The minimum atomic E-state index is 0.0819. The molecular formula is C16H22N3OS+. The Labute approximate surface area is 128 Å². The maximum atomic E-state index is 12.4. The lowest BCUT2D eigenvalue weighted by Gasteiger charge is -2.29. The second-order valence-corrected chi connectivity index (χ2v) is 7.62. The number of rotatable bonds is 2. The first-order valence-electron chi connectivity index (χ1n) is 8.10. The predicted molar refractivity (Wildman–Crippen MR) is 85.1 cm³/mol. The molecule has 0 saturated carbocycles. The van der Waals surface area contributed by atoms with Crippen molar-refractivity contribution in [2.45, 2.75) is 58.0 Å². The molecule has 2 N–H and O–H groups in total. The summed E-state index contributed by atoms with van der Waals surface area (Å²) in [6.07, 6.45) is 7.28. The summed E-state index contributed by atoms with van der Waals surface area (Å²) in [5.41, 5.74) is 1.35. The van der Waals surface area contributed by atoms with E-state index in [1.54, 1.807) is 16.2 Å². The molecular weight excluding hydrogens is 282 g/mol. The van der Waals surface area contributed by atoms with Crippen molar-refractivity contribution in [3.8, 4) is 0 Å². The number of H-pyrrole nitrogens is 1. The molecule has 112 valence electrons. The summed E-state index contributed by atoms with van der Waals surface area (Å²) in [5, 5.41) is 0.873. The van der Waals surface area contributed by atoms with Gasteiger partial charge in [0, 0.05) is 4.88 Å². The number of nitrogens with one attached hydrogen (secondary N) is 2. The van der Waals surface area contributed by atoms with Crippen LogP contribution in [-0.2, 0) is 19.4 Å². The van der Waals surface area contributed by atoms with Gasteiger partial charge in [-0.15, -0.1) is 11.3 Å². The van der Waals surface area contributed by atoms with Gasteiger partial charge in [-0.2, -0.15) is 0 Å². The van der Waals surface area contributed by atoms with E-state index < -0.39 is 0 Å². The average Bonchev–Trinajstić information content (AvgIpc) is 3.01. The van der Waals surface area contributed by atoms with Crippen molar-refractivity contribution in [3.63, 3.8) is 0 Å². The molecule has 0 bridgehead atoms. The van der Waals surface area contributed by atoms with Crippen LogP contribution in [0, 0.1) is 0 Å². The highest BCUT2D eigenvalue weighted by Crippen LogP contribution is 2.34. The summed E-state index contributed by atoms with van der Waals surface area (Å²) in [6.45, 7) is 4.36. The van der Waals surface area contributed by atoms with Gasteiger partial charge in [-0.1, -0.05) is 0 Å². The number of quaternary nitrogens is 1. The summed E-state index contributed by atoms with van der Waals surface area (Å²) >= 11 is 1.74. The van der Waals surface area contributed by atoms with Crippen molar-refractivity contribution in [2.75, 3.05) is 6.54 Å². The number of hydrogen-bond donors (Lipinski definition) is 2. The van der Waals surface area contributed by atoms with Gasteiger partial charge in [0.2, 0.25) is 0 Å². The first-order valence-corrected chi connectivity index (χ1v) is 8.92. The van der Waals surface area contributed by atoms with Gasteiger partial charge in [-0.25, -0.2) is 4.98 Å². The first-order chi connectivity index (χ1) is 10.2. The Hall–Kier alpha value is -1.20. The van der Waals surface area contributed by atoms with Crippen molar-refractivity contribution in [3.05, 3.63) is 26.6 Å². The van der Waals surface area contributed by atoms with Gasteiger partial charge in [0.05, 0.1) is 18.0 Å². The van der Waals surface area contributed by atoms with E-state index in [0.29, 0.717) is 6.04 Å². The largest absolute Gasteiger partial charge is 0.326 e. The minimum absolute atomic E-state index is 0.0819. The molecule has 4 rings (SSSR count). The molecule has 2 atom stereocenters. The van der Waals surface area contributed by atoms with Gasteiger partial charge >= 0.3 is 0 Å². The number of fused-ring (bicyclic) bond motifs is 3. The van der Waals surface area contributed by atoms with E-state index >= 15 is 0 Å². The van der Waals surface area contributed by atoms with Crippen molar-refractivity contribution in [1.29, 1.82) is 0 Å².